The largest absolute Gasteiger partial charge is 0.497 e. The molecule has 0 aliphatic heterocycles. The van der Waals surface area contributed by atoms with Crippen molar-refractivity contribution in [3.63, 3.8) is 0 Å². The van der Waals surface area contributed by atoms with Gasteiger partial charge in [0, 0.05) is 20.1 Å². The summed E-state index contributed by atoms with van der Waals surface area (Å²) < 4.78 is 6.01. The second-order valence-electron chi connectivity index (χ2n) is 5.19. The molecule has 0 bridgehead atoms. The number of rotatable bonds is 9. The number of nitrogens with zero attached hydrogens (tertiary/aromatic N) is 3. The predicted molar refractivity (Wildman–Crippen MR) is 98.9 cm³/mol. The van der Waals surface area contributed by atoms with E-state index in [0.717, 1.165) is 33.7 Å². The summed E-state index contributed by atoms with van der Waals surface area (Å²) in [5.74, 6) is 1.20. The van der Waals surface area contributed by atoms with Crippen molar-refractivity contribution in [1.29, 1.82) is 0 Å². The summed E-state index contributed by atoms with van der Waals surface area (Å²) in [6.45, 7) is 3.53. The van der Waals surface area contributed by atoms with E-state index in [4.69, 9.17) is 4.74 Å². The Hall–Kier alpha value is -1.80. The number of anilines is 1. The van der Waals surface area contributed by atoms with Crippen LogP contribution in [-0.2, 0) is 11.3 Å². The van der Waals surface area contributed by atoms with Gasteiger partial charge in [0.25, 0.3) is 0 Å². The van der Waals surface area contributed by atoms with Crippen LogP contribution in [0.5, 0.6) is 5.75 Å². The van der Waals surface area contributed by atoms with Gasteiger partial charge in [0.05, 0.1) is 12.9 Å². The van der Waals surface area contributed by atoms with Crippen LogP contribution in [0.15, 0.2) is 28.6 Å². The highest BCUT2D eigenvalue weighted by atomic mass is 32.2. The Kier molecular flexibility index (Phi) is 7.33. The van der Waals surface area contributed by atoms with Gasteiger partial charge in [-0.15, -0.1) is 10.2 Å². The first kappa shape index (κ1) is 18.5. The number of hydrogen-bond donors (Lipinski definition) is 1. The molecular weight excluding hydrogens is 344 g/mol. The fraction of sp³-hybridized carbons (Fsp3) is 0.438. The average molecular weight is 367 g/mol. The van der Waals surface area contributed by atoms with E-state index in [1.54, 1.807) is 19.1 Å². The number of amides is 1. The molecule has 0 atom stereocenters. The smallest absolute Gasteiger partial charge is 0.233 e. The molecule has 1 N–H and O–H groups in total. The van der Waals surface area contributed by atoms with E-state index < -0.39 is 0 Å². The lowest BCUT2D eigenvalue weighted by atomic mass is 10.2. The Balaban J connectivity index is 1.81. The van der Waals surface area contributed by atoms with Crippen LogP contribution < -0.4 is 10.1 Å². The maximum absolute atomic E-state index is 12.3. The van der Waals surface area contributed by atoms with Gasteiger partial charge in [-0.25, -0.2) is 0 Å². The van der Waals surface area contributed by atoms with E-state index in [1.165, 1.54) is 23.1 Å². The number of thioether (sulfide) groups is 1. The third kappa shape index (κ3) is 5.68. The van der Waals surface area contributed by atoms with Gasteiger partial charge in [-0.05, 0) is 24.1 Å². The Morgan fingerprint density at radius 2 is 2.25 bits per heavy atom. The number of carbonyl (C=O) groups excluding carboxylic acids is 1. The highest BCUT2D eigenvalue weighted by Crippen LogP contribution is 2.25. The minimum absolute atomic E-state index is 0.0566. The molecule has 6 nitrogen and oxygen atoms in total. The normalized spacial score (nSPS) is 10.5. The summed E-state index contributed by atoms with van der Waals surface area (Å²) in [5, 5.41) is 12.1. The molecule has 1 heterocycles. The van der Waals surface area contributed by atoms with Crippen LogP contribution in [0.25, 0.3) is 0 Å². The SMILES string of the molecule is CCCNc1nnc(SCC(=O)N(C)Cc2cccc(OC)c2)s1. The lowest BCUT2D eigenvalue weighted by Gasteiger charge is -2.17. The minimum atomic E-state index is 0.0566. The number of carbonyl (C=O) groups is 1. The van der Waals surface area contributed by atoms with Gasteiger partial charge < -0.3 is 15.0 Å². The number of ether oxygens (including phenoxy) is 1. The topological polar surface area (TPSA) is 67.4 Å². The number of aromatic nitrogens is 2. The molecule has 1 amide bonds. The first-order valence-electron chi connectivity index (χ1n) is 7.69. The molecule has 2 aromatic rings. The molecule has 0 aliphatic carbocycles. The van der Waals surface area contributed by atoms with Gasteiger partial charge in [0.1, 0.15) is 5.75 Å². The molecule has 0 fully saturated rings. The fourth-order valence-electron chi connectivity index (χ4n) is 1.94. The number of benzene rings is 1. The molecule has 0 aliphatic rings. The summed E-state index contributed by atoms with van der Waals surface area (Å²) in [6.07, 6.45) is 1.04. The van der Waals surface area contributed by atoms with Crippen molar-refractivity contribution in [2.45, 2.75) is 24.2 Å². The lowest BCUT2D eigenvalue weighted by molar-refractivity contribution is -0.127. The van der Waals surface area contributed by atoms with Crippen molar-refractivity contribution in [1.82, 2.24) is 15.1 Å². The van der Waals surface area contributed by atoms with Crippen LogP contribution >= 0.6 is 23.1 Å². The Morgan fingerprint density at radius 3 is 3.00 bits per heavy atom. The fourth-order valence-corrected chi connectivity index (χ4v) is 3.66. The van der Waals surface area contributed by atoms with Crippen molar-refractivity contribution < 1.29 is 9.53 Å². The molecule has 0 spiro atoms. The van der Waals surface area contributed by atoms with E-state index in [2.05, 4.69) is 22.4 Å². The van der Waals surface area contributed by atoms with E-state index in [1.807, 2.05) is 24.3 Å². The van der Waals surface area contributed by atoms with Gasteiger partial charge in [-0.2, -0.15) is 0 Å². The maximum atomic E-state index is 12.3. The zero-order chi connectivity index (χ0) is 17.4. The molecule has 2 rings (SSSR count). The van der Waals surface area contributed by atoms with Crippen LogP contribution in [0.1, 0.15) is 18.9 Å². The van der Waals surface area contributed by atoms with Crippen LogP contribution in [0, 0.1) is 0 Å². The molecular formula is C16H22N4O2S2. The molecule has 0 saturated carbocycles. The Bertz CT molecular complexity index is 663. The molecule has 130 valence electrons. The monoisotopic (exact) mass is 366 g/mol. The average Bonchev–Trinajstić information content (AvgIpc) is 3.05. The highest BCUT2D eigenvalue weighted by Gasteiger charge is 2.12. The molecule has 1 aromatic heterocycles. The summed E-state index contributed by atoms with van der Waals surface area (Å²) in [5.41, 5.74) is 1.04. The third-order valence-corrected chi connectivity index (χ3v) is 5.23. The number of methoxy groups -OCH3 is 1. The van der Waals surface area contributed by atoms with Crippen molar-refractivity contribution in [2.24, 2.45) is 0 Å². The summed E-state index contributed by atoms with van der Waals surface area (Å²) in [4.78, 5) is 14.0. The molecule has 24 heavy (non-hydrogen) atoms. The van der Waals surface area contributed by atoms with E-state index in [9.17, 15) is 4.79 Å². The standard InChI is InChI=1S/C16H22N4O2S2/c1-4-8-17-15-18-19-16(24-15)23-11-14(21)20(2)10-12-6-5-7-13(9-12)22-3/h5-7,9H,4,8,10-11H2,1-3H3,(H,17,18). The zero-order valence-electron chi connectivity index (χ0n) is 14.1. The quantitative estimate of drug-likeness (QED) is 0.688. The Morgan fingerprint density at radius 1 is 1.42 bits per heavy atom. The zero-order valence-corrected chi connectivity index (χ0v) is 15.7. The summed E-state index contributed by atoms with van der Waals surface area (Å²) in [6, 6.07) is 7.73. The van der Waals surface area contributed by atoms with E-state index in [-0.39, 0.29) is 5.91 Å². The first-order chi connectivity index (χ1) is 11.6. The van der Waals surface area contributed by atoms with E-state index >= 15 is 0 Å². The van der Waals surface area contributed by atoms with Crippen molar-refractivity contribution >= 4 is 34.1 Å². The number of nitrogens with one attached hydrogen (secondary N) is 1. The predicted octanol–water partition coefficient (Wildman–Crippen LogP) is 3.12. The van der Waals surface area contributed by atoms with Crippen molar-refractivity contribution in [3.05, 3.63) is 29.8 Å². The van der Waals surface area contributed by atoms with Crippen LogP contribution in [0.4, 0.5) is 5.13 Å². The summed E-state index contributed by atoms with van der Waals surface area (Å²) in [7, 11) is 3.44. The number of hydrogen-bond acceptors (Lipinski definition) is 7. The molecule has 0 radical (unpaired) electrons. The van der Waals surface area contributed by atoms with Gasteiger partial charge in [-0.1, -0.05) is 42.2 Å². The van der Waals surface area contributed by atoms with Gasteiger partial charge in [-0.3, -0.25) is 4.79 Å². The second kappa shape index (κ2) is 9.48. The maximum Gasteiger partial charge on any atom is 0.233 e. The molecule has 0 unspecified atom stereocenters. The lowest BCUT2D eigenvalue weighted by Crippen LogP contribution is -2.27. The highest BCUT2D eigenvalue weighted by molar-refractivity contribution is 8.01. The van der Waals surface area contributed by atoms with Gasteiger partial charge >= 0.3 is 0 Å². The van der Waals surface area contributed by atoms with Crippen LogP contribution in [0.2, 0.25) is 0 Å². The van der Waals surface area contributed by atoms with Gasteiger partial charge in [0.2, 0.25) is 11.0 Å². The minimum Gasteiger partial charge on any atom is -0.497 e. The van der Waals surface area contributed by atoms with Crippen LogP contribution in [0.3, 0.4) is 0 Å². The van der Waals surface area contributed by atoms with Crippen molar-refractivity contribution in [2.75, 3.05) is 31.8 Å². The Labute approximate surface area is 150 Å². The second-order valence-corrected chi connectivity index (χ2v) is 7.39. The first-order valence-corrected chi connectivity index (χ1v) is 9.49. The van der Waals surface area contributed by atoms with Gasteiger partial charge in [0.15, 0.2) is 4.34 Å². The molecule has 8 heteroatoms. The van der Waals surface area contributed by atoms with E-state index in [0.29, 0.717) is 12.3 Å². The van der Waals surface area contributed by atoms with Crippen LogP contribution in [-0.4, -0.2) is 47.5 Å². The summed E-state index contributed by atoms with van der Waals surface area (Å²) >= 11 is 2.90. The van der Waals surface area contributed by atoms with Crippen molar-refractivity contribution in [3.8, 4) is 5.75 Å². The third-order valence-electron chi connectivity index (χ3n) is 3.23. The molecule has 0 saturated heterocycles. The molecule has 1 aromatic carbocycles.